The van der Waals surface area contributed by atoms with Crippen molar-refractivity contribution in [3.05, 3.63) is 66.8 Å². The zero-order chi connectivity index (χ0) is 19.6. The second-order valence-electron chi connectivity index (χ2n) is 6.71. The predicted molar refractivity (Wildman–Crippen MR) is 102 cm³/mol. The van der Waals surface area contributed by atoms with Crippen molar-refractivity contribution in [1.29, 1.82) is 0 Å². The fourth-order valence-corrected chi connectivity index (χ4v) is 3.40. The van der Waals surface area contributed by atoms with E-state index in [2.05, 4.69) is 4.90 Å². The van der Waals surface area contributed by atoms with Crippen LogP contribution in [0.15, 0.2) is 39.9 Å². The highest BCUT2D eigenvalue weighted by Gasteiger charge is 2.21. The van der Waals surface area contributed by atoms with E-state index in [-0.39, 0.29) is 21.9 Å². The van der Waals surface area contributed by atoms with Gasteiger partial charge < -0.3 is 4.90 Å². The van der Waals surface area contributed by atoms with Crippen LogP contribution in [0.1, 0.15) is 5.56 Å². The van der Waals surface area contributed by atoms with Gasteiger partial charge in [0, 0.05) is 64.5 Å². The Labute approximate surface area is 156 Å². The second-order valence-corrected chi connectivity index (χ2v) is 6.71. The normalized spacial score (nSPS) is 15.1. The van der Waals surface area contributed by atoms with E-state index in [1.54, 1.807) is 19.2 Å². The van der Waals surface area contributed by atoms with Gasteiger partial charge in [-0.2, -0.15) is 0 Å². The third kappa shape index (κ3) is 3.92. The van der Waals surface area contributed by atoms with E-state index >= 15 is 0 Å². The Hall–Kier alpha value is -2.94. The van der Waals surface area contributed by atoms with Gasteiger partial charge in [0.15, 0.2) is 0 Å². The van der Waals surface area contributed by atoms with E-state index in [4.69, 9.17) is 0 Å². The van der Waals surface area contributed by atoms with E-state index in [1.807, 2.05) is 11.0 Å². The summed E-state index contributed by atoms with van der Waals surface area (Å²) in [5, 5.41) is 11.1. The van der Waals surface area contributed by atoms with Gasteiger partial charge in [0.1, 0.15) is 5.82 Å². The molecule has 9 heteroatoms. The molecule has 144 valence electrons. The van der Waals surface area contributed by atoms with Crippen LogP contribution in [-0.2, 0) is 20.5 Å². The highest BCUT2D eigenvalue weighted by molar-refractivity contribution is 5.40. The van der Waals surface area contributed by atoms with Crippen molar-refractivity contribution in [2.75, 3.05) is 37.6 Å². The number of nitrogens with zero attached hydrogens (tertiary/aromatic N) is 5. The average molecular weight is 373 g/mol. The van der Waals surface area contributed by atoms with Gasteiger partial charge in [-0.15, -0.1) is 0 Å². The highest BCUT2D eigenvalue weighted by Crippen LogP contribution is 2.19. The molecule has 0 aliphatic carbocycles. The first-order valence-electron chi connectivity index (χ1n) is 8.85. The molecule has 1 aromatic heterocycles. The molecule has 2 aromatic rings. The summed E-state index contributed by atoms with van der Waals surface area (Å²) in [7, 11) is 3.13. The van der Waals surface area contributed by atoms with E-state index in [1.165, 1.54) is 23.7 Å². The van der Waals surface area contributed by atoms with Crippen LogP contribution in [0.3, 0.4) is 0 Å². The van der Waals surface area contributed by atoms with Crippen LogP contribution in [0.25, 0.3) is 0 Å². The van der Waals surface area contributed by atoms with Crippen molar-refractivity contribution in [2.45, 2.75) is 6.42 Å². The lowest BCUT2D eigenvalue weighted by Crippen LogP contribution is -2.49. The lowest BCUT2D eigenvalue weighted by atomic mass is 10.1. The standard InChI is InChI=1S/C18H23N5O4/c1-19-16(13-17(24)20(2)18(19)25)22-11-9-21(10-12-22)8-7-14-5-3-4-6-15(14)23(26)27/h3-6,13H,7-12H2,1-2H3. The summed E-state index contributed by atoms with van der Waals surface area (Å²) >= 11 is 0. The smallest absolute Gasteiger partial charge is 0.332 e. The molecule has 0 saturated carbocycles. The zero-order valence-corrected chi connectivity index (χ0v) is 15.5. The predicted octanol–water partition coefficient (Wildman–Crippen LogP) is 0.357. The number of para-hydroxylation sites is 1. The average Bonchev–Trinajstić information content (AvgIpc) is 2.68. The maximum absolute atomic E-state index is 12.1. The molecule has 0 atom stereocenters. The lowest BCUT2D eigenvalue weighted by Gasteiger charge is -2.36. The van der Waals surface area contributed by atoms with E-state index < -0.39 is 0 Å². The van der Waals surface area contributed by atoms with Gasteiger partial charge in [-0.1, -0.05) is 18.2 Å². The van der Waals surface area contributed by atoms with Crippen molar-refractivity contribution >= 4 is 11.5 Å². The maximum atomic E-state index is 12.1. The minimum Gasteiger partial charge on any atom is -0.355 e. The molecule has 0 unspecified atom stereocenters. The summed E-state index contributed by atoms with van der Waals surface area (Å²) in [5.74, 6) is 0.626. The third-order valence-electron chi connectivity index (χ3n) is 5.08. The fourth-order valence-electron chi connectivity index (χ4n) is 3.40. The van der Waals surface area contributed by atoms with Crippen LogP contribution in [-0.4, -0.2) is 51.7 Å². The van der Waals surface area contributed by atoms with Gasteiger partial charge in [-0.3, -0.25) is 28.9 Å². The molecule has 27 heavy (non-hydrogen) atoms. The molecule has 3 rings (SSSR count). The van der Waals surface area contributed by atoms with Crippen LogP contribution in [0.4, 0.5) is 11.5 Å². The minimum atomic E-state index is -0.344. The first kappa shape index (κ1) is 18.8. The molecule has 1 aliphatic heterocycles. The number of nitro groups is 1. The summed E-state index contributed by atoms with van der Waals surface area (Å²) in [6.07, 6.45) is 0.613. The Balaban J connectivity index is 1.63. The summed E-state index contributed by atoms with van der Waals surface area (Å²) in [6, 6.07) is 8.31. The first-order valence-corrected chi connectivity index (χ1v) is 8.85. The quantitative estimate of drug-likeness (QED) is 0.555. The van der Waals surface area contributed by atoms with Crippen LogP contribution < -0.4 is 16.1 Å². The Bertz CT molecular complexity index is 957. The first-order chi connectivity index (χ1) is 12.9. The van der Waals surface area contributed by atoms with Crippen molar-refractivity contribution < 1.29 is 4.92 Å². The fraction of sp³-hybridized carbons (Fsp3) is 0.444. The molecule has 0 amide bonds. The molecule has 2 heterocycles. The summed E-state index contributed by atoms with van der Waals surface area (Å²) in [5.41, 5.74) is 0.244. The highest BCUT2D eigenvalue weighted by atomic mass is 16.6. The summed E-state index contributed by atoms with van der Waals surface area (Å²) in [6.45, 7) is 3.65. The second kappa shape index (κ2) is 7.75. The number of hydrogen-bond acceptors (Lipinski definition) is 6. The molecule has 1 aromatic carbocycles. The van der Waals surface area contributed by atoms with Gasteiger partial charge >= 0.3 is 5.69 Å². The Morgan fingerprint density at radius 2 is 1.70 bits per heavy atom. The number of benzene rings is 1. The van der Waals surface area contributed by atoms with Gasteiger partial charge in [0.25, 0.3) is 11.2 Å². The molecule has 0 N–H and O–H groups in total. The molecule has 9 nitrogen and oxygen atoms in total. The SMILES string of the molecule is Cn1c(N2CCN(CCc3ccccc3[N+](=O)[O-])CC2)cc(=O)n(C)c1=O. The molecular formula is C18H23N5O4. The molecule has 0 spiro atoms. The lowest BCUT2D eigenvalue weighted by molar-refractivity contribution is -0.385. The molecule has 0 radical (unpaired) electrons. The van der Waals surface area contributed by atoms with E-state index in [0.717, 1.165) is 29.8 Å². The zero-order valence-electron chi connectivity index (χ0n) is 15.5. The largest absolute Gasteiger partial charge is 0.355 e. The van der Waals surface area contributed by atoms with Crippen LogP contribution >= 0.6 is 0 Å². The van der Waals surface area contributed by atoms with Gasteiger partial charge in [0.05, 0.1) is 4.92 Å². The monoisotopic (exact) mass is 373 g/mol. The Kier molecular flexibility index (Phi) is 5.41. The van der Waals surface area contributed by atoms with Crippen molar-refractivity contribution in [3.63, 3.8) is 0 Å². The summed E-state index contributed by atoms with van der Waals surface area (Å²) < 4.78 is 2.58. The number of aromatic nitrogens is 2. The van der Waals surface area contributed by atoms with E-state index in [9.17, 15) is 19.7 Å². The number of anilines is 1. The molecular weight excluding hydrogens is 350 g/mol. The third-order valence-corrected chi connectivity index (χ3v) is 5.08. The Morgan fingerprint density at radius 3 is 2.37 bits per heavy atom. The van der Waals surface area contributed by atoms with Gasteiger partial charge in [-0.05, 0) is 6.42 Å². The van der Waals surface area contributed by atoms with Crippen molar-refractivity contribution in [2.24, 2.45) is 14.1 Å². The molecule has 1 saturated heterocycles. The minimum absolute atomic E-state index is 0.159. The summed E-state index contributed by atoms with van der Waals surface area (Å²) in [4.78, 5) is 39.1. The van der Waals surface area contributed by atoms with Crippen molar-refractivity contribution in [3.8, 4) is 0 Å². The number of piperazine rings is 1. The Morgan fingerprint density at radius 1 is 1.04 bits per heavy atom. The number of hydrogen-bond donors (Lipinski definition) is 0. The molecule has 1 aliphatic rings. The topological polar surface area (TPSA) is 93.6 Å². The molecule has 0 bridgehead atoms. The van der Waals surface area contributed by atoms with Crippen molar-refractivity contribution in [1.82, 2.24) is 14.0 Å². The van der Waals surface area contributed by atoms with Gasteiger partial charge in [0.2, 0.25) is 0 Å². The molecule has 1 fully saturated rings. The van der Waals surface area contributed by atoms with Crippen LogP contribution in [0.2, 0.25) is 0 Å². The maximum Gasteiger partial charge on any atom is 0.332 e. The number of rotatable bonds is 5. The van der Waals surface area contributed by atoms with E-state index in [0.29, 0.717) is 25.3 Å². The number of nitro benzene ring substituents is 1. The van der Waals surface area contributed by atoms with Crippen LogP contribution in [0.5, 0.6) is 0 Å². The van der Waals surface area contributed by atoms with Crippen LogP contribution in [0, 0.1) is 10.1 Å². The van der Waals surface area contributed by atoms with Gasteiger partial charge in [-0.25, -0.2) is 4.79 Å².